The molecule has 2 aliphatic rings. The number of anilines is 3. The number of pyridine rings is 2. The number of esters is 2. The largest absolute Gasteiger partial charge is 0.469 e. The van der Waals surface area contributed by atoms with Crippen LogP contribution < -0.4 is 20.8 Å². The fourth-order valence-electron chi connectivity index (χ4n) is 7.28. The number of nitrogens with zero attached hydrogens (tertiary/aromatic N) is 8. The predicted molar refractivity (Wildman–Crippen MR) is 232 cm³/mol. The van der Waals surface area contributed by atoms with E-state index in [2.05, 4.69) is 30.0 Å². The topological polar surface area (TPSA) is 184 Å². The van der Waals surface area contributed by atoms with Crippen molar-refractivity contribution in [1.82, 2.24) is 29.3 Å². The molecular formula is C41H70N10O7. The van der Waals surface area contributed by atoms with Gasteiger partial charge < -0.3 is 39.4 Å². The van der Waals surface area contributed by atoms with Gasteiger partial charge in [-0.25, -0.2) is 14.8 Å². The average molecular weight is 815 g/mol. The summed E-state index contributed by atoms with van der Waals surface area (Å²) in [4.78, 5) is 67.3. The first-order valence-electron chi connectivity index (χ1n) is 19.6. The molecule has 0 atom stereocenters. The lowest BCUT2D eigenvalue weighted by atomic mass is 9.82. The number of carbonyl (C=O) groups is 2. The Bertz CT molecular complexity index is 1800. The molecule has 0 spiro atoms. The van der Waals surface area contributed by atoms with Crippen molar-refractivity contribution in [3.8, 4) is 0 Å². The second kappa shape index (κ2) is 23.6. The molecule has 2 fully saturated rings. The molecule has 3 aromatic heterocycles. The number of likely N-dealkylation sites (N-methyl/N-ethyl adjacent to an activating group) is 4. The maximum atomic E-state index is 12.5. The summed E-state index contributed by atoms with van der Waals surface area (Å²) in [5.41, 5.74) is 1.32. The van der Waals surface area contributed by atoms with Gasteiger partial charge in [-0.3, -0.25) is 24.3 Å². The molecule has 17 nitrogen and oxygen atoms in total. The Labute approximate surface area is 344 Å². The Morgan fingerprint density at radius 1 is 0.776 bits per heavy atom. The van der Waals surface area contributed by atoms with Crippen molar-refractivity contribution in [2.24, 2.45) is 23.7 Å². The van der Waals surface area contributed by atoms with Crippen LogP contribution in [0, 0.1) is 33.8 Å². The molecule has 2 aliphatic carbocycles. The Morgan fingerprint density at radius 3 is 1.74 bits per heavy atom. The van der Waals surface area contributed by atoms with Crippen LogP contribution in [-0.4, -0.2) is 135 Å². The van der Waals surface area contributed by atoms with Crippen LogP contribution in [0.15, 0.2) is 29.1 Å². The van der Waals surface area contributed by atoms with Gasteiger partial charge in [0.05, 0.1) is 36.5 Å². The molecule has 3 aromatic rings. The molecule has 58 heavy (non-hydrogen) atoms. The van der Waals surface area contributed by atoms with Crippen molar-refractivity contribution < 1.29 is 24.0 Å². The van der Waals surface area contributed by atoms with E-state index in [1.165, 1.54) is 20.3 Å². The number of carbonyl (C=O) groups excluding carboxylic acids is 2. The second-order valence-corrected chi connectivity index (χ2v) is 15.7. The SMILES string of the molecule is C.C.COC(=O)C1CCC(CNc2nc(N(C)CCN(C)C)ccc2[N+](=O)[O-])CC1.COC(=O)C1CCC(Cn2c(=O)[nH]c3ccc(N(C)CCN(C)C)nc32)CC1. The Morgan fingerprint density at radius 2 is 1.26 bits per heavy atom. The highest BCUT2D eigenvalue weighted by atomic mass is 16.6. The maximum Gasteiger partial charge on any atom is 0.327 e. The van der Waals surface area contributed by atoms with Crippen molar-refractivity contribution in [2.45, 2.75) is 72.8 Å². The third-order valence-corrected chi connectivity index (χ3v) is 11.0. The number of aromatic nitrogens is 4. The van der Waals surface area contributed by atoms with E-state index in [9.17, 15) is 24.5 Å². The average Bonchev–Trinajstić information content (AvgIpc) is 3.51. The molecule has 0 bridgehead atoms. The Hall–Kier alpha value is -4.77. The molecular weight excluding hydrogens is 745 g/mol. The zero-order chi connectivity index (χ0) is 40.9. The summed E-state index contributed by atoms with van der Waals surface area (Å²) in [6.45, 7) is 4.66. The highest BCUT2D eigenvalue weighted by Gasteiger charge is 2.29. The standard InChI is InChI=1S/C20H31N5O3.C19H31N5O4.2CH4/c1-23(2)11-12-24(3)17-10-9-16-18(22-17)25(20(27)21-16)13-14-5-7-15(8-6-14)19(26)28-4;1-22(2)11-12-23(3)17-10-9-16(24(26)27)18(21-17)20-13-14-5-7-15(8-6-14)19(25)28-4;;/h9-10,14-15H,5-8,11-13H2,1-4H3,(H,21,27);9-10,14-15H,5-8,11-13H2,1-4H3,(H,20,21);2*1H4. The molecule has 2 saturated carbocycles. The summed E-state index contributed by atoms with van der Waals surface area (Å²) < 4.78 is 11.4. The summed E-state index contributed by atoms with van der Waals surface area (Å²) in [6, 6.07) is 7.06. The maximum absolute atomic E-state index is 12.5. The smallest absolute Gasteiger partial charge is 0.327 e. The van der Waals surface area contributed by atoms with Crippen LogP contribution in [0.2, 0.25) is 0 Å². The van der Waals surface area contributed by atoms with E-state index >= 15 is 0 Å². The van der Waals surface area contributed by atoms with E-state index in [0.717, 1.165) is 88.9 Å². The Balaban J connectivity index is 0.000000387. The number of ether oxygens (including phenoxy) is 2. The van der Waals surface area contributed by atoms with Gasteiger partial charge in [0.2, 0.25) is 5.82 Å². The minimum atomic E-state index is -0.410. The van der Waals surface area contributed by atoms with Gasteiger partial charge in [0.1, 0.15) is 11.6 Å². The van der Waals surface area contributed by atoms with E-state index in [1.54, 1.807) is 10.6 Å². The molecule has 3 heterocycles. The summed E-state index contributed by atoms with van der Waals surface area (Å²) in [5.74, 6) is 2.30. The highest BCUT2D eigenvalue weighted by molar-refractivity contribution is 5.74. The number of H-pyrrole nitrogens is 1. The van der Waals surface area contributed by atoms with Crippen LogP contribution in [0.1, 0.15) is 66.2 Å². The molecule has 5 rings (SSSR count). The van der Waals surface area contributed by atoms with Crippen LogP contribution in [-0.2, 0) is 25.6 Å². The zero-order valence-electron chi connectivity index (χ0n) is 34.5. The molecule has 2 N–H and O–H groups in total. The number of aromatic amines is 1. The van der Waals surface area contributed by atoms with Crippen molar-refractivity contribution in [2.75, 3.05) is 104 Å². The number of methoxy groups -OCH3 is 2. The molecule has 0 amide bonds. The normalized spacial score (nSPS) is 18.9. The summed E-state index contributed by atoms with van der Waals surface area (Å²) in [6.07, 6.45) is 6.85. The fourth-order valence-corrected chi connectivity index (χ4v) is 7.28. The van der Waals surface area contributed by atoms with Crippen LogP contribution in [0.5, 0.6) is 0 Å². The highest BCUT2D eigenvalue weighted by Crippen LogP contribution is 2.32. The first-order chi connectivity index (χ1) is 26.7. The van der Waals surface area contributed by atoms with Crippen LogP contribution in [0.25, 0.3) is 11.2 Å². The number of hydrogen-bond donors (Lipinski definition) is 2. The number of imidazole rings is 1. The number of hydrogen-bond acceptors (Lipinski definition) is 14. The second-order valence-electron chi connectivity index (χ2n) is 15.7. The van der Waals surface area contributed by atoms with Crippen molar-refractivity contribution >= 4 is 46.2 Å². The number of rotatable bonds is 16. The summed E-state index contributed by atoms with van der Waals surface area (Å²) >= 11 is 0. The lowest BCUT2D eigenvalue weighted by Crippen LogP contribution is -2.29. The van der Waals surface area contributed by atoms with Gasteiger partial charge in [-0.1, -0.05) is 14.9 Å². The quantitative estimate of drug-likeness (QED) is 0.107. The van der Waals surface area contributed by atoms with Gasteiger partial charge in [0.25, 0.3) is 0 Å². The number of nitrogens with one attached hydrogen (secondary N) is 2. The van der Waals surface area contributed by atoms with Gasteiger partial charge in [-0.15, -0.1) is 0 Å². The molecule has 326 valence electrons. The summed E-state index contributed by atoms with van der Waals surface area (Å²) in [5, 5.41) is 14.6. The van der Waals surface area contributed by atoms with E-state index in [0.29, 0.717) is 42.2 Å². The van der Waals surface area contributed by atoms with Crippen molar-refractivity contribution in [3.63, 3.8) is 0 Å². The van der Waals surface area contributed by atoms with Crippen LogP contribution in [0.3, 0.4) is 0 Å². The van der Waals surface area contributed by atoms with E-state index in [-0.39, 0.29) is 50.0 Å². The first-order valence-corrected chi connectivity index (χ1v) is 19.6. The van der Waals surface area contributed by atoms with E-state index in [4.69, 9.17) is 14.5 Å². The van der Waals surface area contributed by atoms with Gasteiger partial charge in [0, 0.05) is 59.4 Å². The van der Waals surface area contributed by atoms with Crippen molar-refractivity contribution in [1.29, 1.82) is 0 Å². The summed E-state index contributed by atoms with van der Waals surface area (Å²) in [7, 11) is 14.9. The lowest BCUT2D eigenvalue weighted by molar-refractivity contribution is -0.384. The van der Waals surface area contributed by atoms with Crippen LogP contribution >= 0.6 is 0 Å². The third kappa shape index (κ3) is 14.0. The van der Waals surface area contributed by atoms with Gasteiger partial charge in [-0.05, 0) is 110 Å². The third-order valence-electron chi connectivity index (χ3n) is 11.0. The number of fused-ring (bicyclic) bond motifs is 1. The molecule has 17 heteroatoms. The van der Waals surface area contributed by atoms with E-state index in [1.807, 2.05) is 59.3 Å². The minimum Gasteiger partial charge on any atom is -0.469 e. The van der Waals surface area contributed by atoms with Gasteiger partial charge >= 0.3 is 23.3 Å². The van der Waals surface area contributed by atoms with Crippen molar-refractivity contribution in [3.05, 3.63) is 44.9 Å². The molecule has 0 aliphatic heterocycles. The monoisotopic (exact) mass is 815 g/mol. The zero-order valence-corrected chi connectivity index (χ0v) is 34.5. The lowest BCUT2D eigenvalue weighted by Gasteiger charge is -2.27. The van der Waals surface area contributed by atoms with Gasteiger partial charge in [-0.2, -0.15) is 0 Å². The number of nitro groups is 1. The van der Waals surface area contributed by atoms with Crippen LogP contribution in [0.4, 0.5) is 23.1 Å². The first kappa shape index (κ1) is 49.4. The molecule has 0 unspecified atom stereocenters. The van der Waals surface area contributed by atoms with E-state index < -0.39 is 4.92 Å². The molecule has 0 radical (unpaired) electrons. The minimum absolute atomic E-state index is 0. The Kier molecular flexibility index (Phi) is 20.1. The van der Waals surface area contributed by atoms with Gasteiger partial charge in [0.15, 0.2) is 5.65 Å². The fraction of sp³-hybridized carbons (Fsp3) is 0.683. The predicted octanol–water partition coefficient (Wildman–Crippen LogP) is 5.35. The molecule has 0 aromatic carbocycles. The molecule has 0 saturated heterocycles.